The summed E-state index contributed by atoms with van der Waals surface area (Å²) in [5.41, 5.74) is 6.11. The fourth-order valence-corrected chi connectivity index (χ4v) is 9.42. The maximum absolute atomic E-state index is 13.1. The Morgan fingerprint density at radius 3 is 1.31 bits per heavy atom. The lowest BCUT2D eigenvalue weighted by Crippen LogP contribution is -2.60. The SMILES string of the molecule is CCCCCCCCCCCCCCCC(=O)OC[C@@H](CSC[C@@H](N)C(=O)NCC(=O)NCC(=O)NCC(=O)N[C@@H](CCC(=O)O)C(=O)N[C@H](C(=O)N[C@H](C(=O)O)[C@@H](C)O)[C@@H](C)O)OC(=O)CCCCCCCCCCCCCCC. The van der Waals surface area contributed by atoms with Gasteiger partial charge in [-0.15, -0.1) is 0 Å². The van der Waals surface area contributed by atoms with Gasteiger partial charge in [0.1, 0.15) is 24.8 Å². The van der Waals surface area contributed by atoms with Crippen LogP contribution < -0.4 is 37.6 Å². The lowest BCUT2D eigenvalue weighted by Gasteiger charge is -2.26. The number of aliphatic hydroxyl groups excluding tert-OH is 2. The molecule has 81 heavy (non-hydrogen) atoms. The number of carboxylic acids is 2. The molecule has 0 rings (SSSR count). The number of hydrogen-bond donors (Lipinski definition) is 11. The van der Waals surface area contributed by atoms with E-state index in [2.05, 4.69) is 40.4 Å². The van der Waals surface area contributed by atoms with Crippen molar-refractivity contribution in [2.24, 2.45) is 5.73 Å². The third-order valence-electron chi connectivity index (χ3n) is 13.4. The van der Waals surface area contributed by atoms with Gasteiger partial charge in [0.15, 0.2) is 6.04 Å². The first-order valence-electron chi connectivity index (χ1n) is 29.9. The molecule has 0 aliphatic carbocycles. The van der Waals surface area contributed by atoms with E-state index in [-0.39, 0.29) is 36.9 Å². The molecule has 24 heteroatoms. The molecular weight excluding hydrogens is 1070 g/mol. The first kappa shape index (κ1) is 75.9. The molecule has 0 bridgehead atoms. The van der Waals surface area contributed by atoms with Gasteiger partial charge in [0, 0.05) is 30.8 Å². The maximum Gasteiger partial charge on any atom is 0.328 e. The highest BCUT2D eigenvalue weighted by Crippen LogP contribution is 2.17. The van der Waals surface area contributed by atoms with Crippen molar-refractivity contribution in [3.05, 3.63) is 0 Å². The number of carbonyl (C=O) groups excluding carboxylic acids is 8. The van der Waals surface area contributed by atoms with Crippen molar-refractivity contribution in [1.29, 1.82) is 0 Å². The second kappa shape index (κ2) is 49.5. The Kier molecular flexibility index (Phi) is 46.4. The van der Waals surface area contributed by atoms with Crippen LogP contribution in [0.1, 0.15) is 220 Å². The number of aliphatic hydroxyl groups is 2. The second-order valence-corrected chi connectivity index (χ2v) is 22.1. The Bertz CT molecular complexity index is 1810. The van der Waals surface area contributed by atoms with Gasteiger partial charge < -0.3 is 67.5 Å². The summed E-state index contributed by atoms with van der Waals surface area (Å²) < 4.78 is 11.3. The zero-order chi connectivity index (χ0) is 60.6. The standard InChI is InChI=1S/C57H103N7O16S/c1-5-7-9-11-13-15-17-19-21-23-25-27-29-31-50(72)79-38-43(80-51(73)32-30-28-26-24-22-20-18-16-14-12-10-8-6-2)39-81-40-44(58)54(74)61-36-47(68)59-35-46(67)60-37-48(69)62-45(33-34-49(70)71)55(75)63-52(41(3)65)56(76)64-53(42(4)66)57(77)78/h41-45,52-53,65-66H,5-40,58H2,1-4H3,(H,59,68)(H,60,67)(H,61,74)(H,62,69)(H,63,75)(H,64,76)(H,70,71)(H,77,78)/t41-,42-,43+,44-,45+,52+,53+/m1/s1. The number of esters is 2. The van der Waals surface area contributed by atoms with Crippen LogP contribution in [0.25, 0.3) is 0 Å². The van der Waals surface area contributed by atoms with Crippen LogP contribution in [0.15, 0.2) is 0 Å². The number of hydrogen-bond acceptors (Lipinski definition) is 16. The first-order chi connectivity index (χ1) is 38.7. The normalized spacial score (nSPS) is 13.7. The highest BCUT2D eigenvalue weighted by atomic mass is 32.2. The van der Waals surface area contributed by atoms with E-state index in [1.165, 1.54) is 127 Å². The predicted molar refractivity (Wildman–Crippen MR) is 309 cm³/mol. The third kappa shape index (κ3) is 43.3. The Labute approximate surface area is 485 Å². The molecule has 0 saturated heterocycles. The number of rotatable bonds is 53. The van der Waals surface area contributed by atoms with Gasteiger partial charge in [0.25, 0.3) is 0 Å². The van der Waals surface area contributed by atoms with Crippen LogP contribution >= 0.6 is 11.8 Å². The zero-order valence-electron chi connectivity index (χ0n) is 49.2. The molecule has 0 aromatic rings. The Balaban J connectivity index is 5.04. The highest BCUT2D eigenvalue weighted by molar-refractivity contribution is 7.99. The van der Waals surface area contributed by atoms with Crippen LogP contribution in [-0.4, -0.2) is 160 Å². The van der Waals surface area contributed by atoms with Crippen molar-refractivity contribution in [2.75, 3.05) is 37.7 Å². The fourth-order valence-electron chi connectivity index (χ4n) is 8.45. The number of thioether (sulfide) groups is 1. The van der Waals surface area contributed by atoms with E-state index in [1.54, 1.807) is 0 Å². The van der Waals surface area contributed by atoms with E-state index >= 15 is 0 Å². The fraction of sp³-hybridized carbons (Fsp3) is 0.825. The molecule has 0 aliphatic rings. The van der Waals surface area contributed by atoms with Crippen molar-refractivity contribution in [2.45, 2.75) is 263 Å². The molecule has 12 N–H and O–H groups in total. The van der Waals surface area contributed by atoms with Crippen molar-refractivity contribution >= 4 is 71.1 Å². The molecule has 0 aromatic carbocycles. The summed E-state index contributed by atoms with van der Waals surface area (Å²) in [5, 5.41) is 51.5. The number of carbonyl (C=O) groups is 10. The van der Waals surface area contributed by atoms with Crippen LogP contribution in [-0.2, 0) is 57.4 Å². The second-order valence-electron chi connectivity index (χ2n) is 21.0. The van der Waals surface area contributed by atoms with E-state index in [1.807, 2.05) is 5.32 Å². The van der Waals surface area contributed by atoms with E-state index in [9.17, 15) is 68.4 Å². The topological polar surface area (TPSA) is 368 Å². The van der Waals surface area contributed by atoms with Gasteiger partial charge in [-0.1, -0.05) is 168 Å². The van der Waals surface area contributed by atoms with E-state index in [0.29, 0.717) is 12.8 Å². The first-order valence-corrected chi connectivity index (χ1v) is 31.1. The van der Waals surface area contributed by atoms with E-state index in [4.69, 9.17) is 15.2 Å². The van der Waals surface area contributed by atoms with E-state index < -0.39 is 128 Å². The largest absolute Gasteiger partial charge is 0.481 e. The smallest absolute Gasteiger partial charge is 0.328 e. The molecule has 0 spiro atoms. The molecule has 0 fully saturated rings. The lowest BCUT2D eigenvalue weighted by atomic mass is 10.0. The molecular formula is C57H103N7O16S. The minimum absolute atomic E-state index is 0.0597. The van der Waals surface area contributed by atoms with Crippen molar-refractivity contribution < 1.29 is 77.8 Å². The van der Waals surface area contributed by atoms with Gasteiger partial charge in [-0.2, -0.15) is 11.8 Å². The number of nitrogens with two attached hydrogens (primary N) is 1. The number of unbranched alkanes of at least 4 members (excludes halogenated alkanes) is 24. The molecule has 468 valence electrons. The molecule has 0 heterocycles. The highest BCUT2D eigenvalue weighted by Gasteiger charge is 2.34. The molecule has 0 aliphatic heterocycles. The van der Waals surface area contributed by atoms with Crippen LogP contribution in [0.4, 0.5) is 0 Å². The summed E-state index contributed by atoms with van der Waals surface area (Å²) in [6.07, 6.45) is 26.0. The van der Waals surface area contributed by atoms with Crippen molar-refractivity contribution in [3.63, 3.8) is 0 Å². The minimum Gasteiger partial charge on any atom is -0.481 e. The lowest BCUT2D eigenvalue weighted by molar-refractivity contribution is -0.157. The summed E-state index contributed by atoms with van der Waals surface area (Å²) >= 11 is 1.21. The van der Waals surface area contributed by atoms with Crippen molar-refractivity contribution in [3.8, 4) is 0 Å². The van der Waals surface area contributed by atoms with Crippen LogP contribution in [0.5, 0.6) is 0 Å². The number of aliphatic carboxylic acids is 2. The van der Waals surface area contributed by atoms with Gasteiger partial charge in [0.05, 0.1) is 37.9 Å². The average Bonchev–Trinajstić information content (AvgIpc) is 3.42. The van der Waals surface area contributed by atoms with Gasteiger partial charge in [0.2, 0.25) is 35.4 Å². The van der Waals surface area contributed by atoms with Gasteiger partial charge in [-0.3, -0.25) is 43.2 Å². The Morgan fingerprint density at radius 2 is 0.877 bits per heavy atom. The van der Waals surface area contributed by atoms with Gasteiger partial charge in [-0.25, -0.2) is 4.79 Å². The molecule has 0 radical (unpaired) electrons. The summed E-state index contributed by atoms with van der Waals surface area (Å²) in [5.74, 6) is -9.16. The molecule has 0 unspecified atom stereocenters. The van der Waals surface area contributed by atoms with Crippen LogP contribution in [0.3, 0.4) is 0 Å². The molecule has 23 nitrogen and oxygen atoms in total. The number of amides is 6. The summed E-state index contributed by atoms with van der Waals surface area (Å²) in [6, 6.07) is -6.31. The third-order valence-corrected chi connectivity index (χ3v) is 14.6. The van der Waals surface area contributed by atoms with Gasteiger partial charge in [-0.05, 0) is 33.1 Å². The maximum atomic E-state index is 13.1. The molecule has 0 saturated carbocycles. The van der Waals surface area contributed by atoms with Gasteiger partial charge >= 0.3 is 23.9 Å². The summed E-state index contributed by atoms with van der Waals surface area (Å²) in [6.45, 7) is 4.51. The Hall–Kier alpha value is -5.07. The van der Waals surface area contributed by atoms with Crippen molar-refractivity contribution in [1.82, 2.24) is 31.9 Å². The number of carboxylic acid groups (broad SMARTS) is 2. The minimum atomic E-state index is -1.80. The Morgan fingerprint density at radius 1 is 0.469 bits per heavy atom. The average molecular weight is 1170 g/mol. The van der Waals surface area contributed by atoms with Crippen LogP contribution in [0.2, 0.25) is 0 Å². The summed E-state index contributed by atoms with van der Waals surface area (Å²) in [7, 11) is 0. The molecule has 0 aromatic heterocycles. The number of nitrogens with one attached hydrogen (secondary N) is 6. The zero-order valence-corrected chi connectivity index (χ0v) is 50.0. The van der Waals surface area contributed by atoms with Crippen LogP contribution in [0, 0.1) is 0 Å². The van der Waals surface area contributed by atoms with E-state index in [0.717, 1.165) is 52.4 Å². The molecule has 7 atom stereocenters. The molecule has 6 amide bonds. The monoisotopic (exact) mass is 1170 g/mol. The number of ether oxygens (including phenoxy) is 2. The summed E-state index contributed by atoms with van der Waals surface area (Å²) in [4.78, 5) is 125. The quantitative estimate of drug-likeness (QED) is 0.0282. The predicted octanol–water partition coefficient (Wildman–Crippen LogP) is 4.98.